The molecular formula is C26H29N5O2. The van der Waals surface area contributed by atoms with Gasteiger partial charge in [-0.1, -0.05) is 38.5 Å². The Hall–Kier alpha value is -3.87. The average Bonchev–Trinajstić information content (AvgIpc) is 3.26. The summed E-state index contributed by atoms with van der Waals surface area (Å²) in [4.78, 5) is 17.1. The van der Waals surface area contributed by atoms with Gasteiger partial charge in [-0.25, -0.2) is 4.52 Å². The van der Waals surface area contributed by atoms with Crippen molar-refractivity contribution in [2.24, 2.45) is 0 Å². The van der Waals surface area contributed by atoms with Crippen LogP contribution in [0.5, 0.6) is 5.75 Å². The van der Waals surface area contributed by atoms with E-state index in [0.717, 1.165) is 47.6 Å². The number of carbonyl (C=O) groups is 1. The zero-order valence-corrected chi connectivity index (χ0v) is 19.2. The second-order valence-corrected chi connectivity index (χ2v) is 7.92. The van der Waals surface area contributed by atoms with Crippen LogP contribution in [0, 0.1) is 0 Å². The van der Waals surface area contributed by atoms with E-state index in [0.29, 0.717) is 11.5 Å². The third-order valence-electron chi connectivity index (χ3n) is 5.59. The van der Waals surface area contributed by atoms with E-state index in [9.17, 15) is 4.79 Å². The fraction of sp³-hybridized carbons (Fsp3) is 0.269. The quantitative estimate of drug-likeness (QED) is 0.359. The van der Waals surface area contributed by atoms with Crippen molar-refractivity contribution in [2.45, 2.75) is 39.2 Å². The molecule has 2 aromatic heterocycles. The van der Waals surface area contributed by atoms with Gasteiger partial charge in [-0.15, -0.1) is 5.10 Å². The van der Waals surface area contributed by atoms with Crippen molar-refractivity contribution in [3.8, 4) is 17.0 Å². The molecule has 0 aliphatic carbocycles. The first-order valence-corrected chi connectivity index (χ1v) is 11.3. The van der Waals surface area contributed by atoms with Gasteiger partial charge >= 0.3 is 0 Å². The van der Waals surface area contributed by atoms with E-state index in [2.05, 4.69) is 34.6 Å². The molecule has 1 atom stereocenters. The fourth-order valence-electron chi connectivity index (χ4n) is 3.79. The number of amides is 1. The molecule has 0 bridgehead atoms. The van der Waals surface area contributed by atoms with E-state index >= 15 is 0 Å². The van der Waals surface area contributed by atoms with Crippen molar-refractivity contribution < 1.29 is 9.53 Å². The van der Waals surface area contributed by atoms with Crippen molar-refractivity contribution in [3.63, 3.8) is 0 Å². The number of rotatable bonds is 9. The van der Waals surface area contributed by atoms with Crippen molar-refractivity contribution >= 4 is 23.2 Å². The lowest BCUT2D eigenvalue weighted by molar-refractivity contribution is 0.0933. The lowest BCUT2D eigenvalue weighted by Crippen LogP contribution is -2.34. The van der Waals surface area contributed by atoms with Gasteiger partial charge in [0.25, 0.3) is 5.91 Å². The van der Waals surface area contributed by atoms with Gasteiger partial charge in [0, 0.05) is 22.9 Å². The molecule has 1 unspecified atom stereocenters. The van der Waals surface area contributed by atoms with Crippen molar-refractivity contribution in [2.75, 3.05) is 12.4 Å². The third-order valence-corrected chi connectivity index (χ3v) is 5.59. The zero-order valence-electron chi connectivity index (χ0n) is 19.2. The number of hydrogen-bond acceptors (Lipinski definition) is 5. The Bertz CT molecular complexity index is 1230. The number of ether oxygens (including phenoxy) is 1. The molecule has 0 fully saturated rings. The highest BCUT2D eigenvalue weighted by molar-refractivity contribution is 5.94. The second kappa shape index (κ2) is 10.2. The monoisotopic (exact) mass is 443 g/mol. The maximum atomic E-state index is 12.5. The van der Waals surface area contributed by atoms with E-state index < -0.39 is 0 Å². The third kappa shape index (κ3) is 5.14. The number of pyridine rings is 1. The van der Waals surface area contributed by atoms with Crippen LogP contribution in [0.2, 0.25) is 0 Å². The van der Waals surface area contributed by atoms with E-state index in [1.807, 2.05) is 66.7 Å². The molecule has 2 heterocycles. The van der Waals surface area contributed by atoms with E-state index in [1.165, 1.54) is 0 Å². The smallest absolute Gasteiger partial charge is 0.251 e. The summed E-state index contributed by atoms with van der Waals surface area (Å²) < 4.78 is 7.16. The molecule has 4 rings (SSSR count). The van der Waals surface area contributed by atoms with Crippen LogP contribution in [0.25, 0.3) is 16.9 Å². The van der Waals surface area contributed by atoms with Crippen LogP contribution in [-0.4, -0.2) is 33.7 Å². The first kappa shape index (κ1) is 22.3. The van der Waals surface area contributed by atoms with Crippen LogP contribution in [0.1, 0.15) is 43.5 Å². The summed E-state index contributed by atoms with van der Waals surface area (Å²) in [6, 6.07) is 21.3. The van der Waals surface area contributed by atoms with Crippen LogP contribution >= 0.6 is 0 Å². The van der Waals surface area contributed by atoms with Crippen molar-refractivity contribution in [3.05, 3.63) is 72.3 Å². The first-order valence-electron chi connectivity index (χ1n) is 11.3. The summed E-state index contributed by atoms with van der Waals surface area (Å²) in [6.07, 6.45) is 2.96. The predicted molar refractivity (Wildman–Crippen MR) is 131 cm³/mol. The van der Waals surface area contributed by atoms with Crippen molar-refractivity contribution in [1.29, 1.82) is 0 Å². The summed E-state index contributed by atoms with van der Waals surface area (Å²) in [5, 5.41) is 11.0. The first-order chi connectivity index (χ1) is 16.1. The molecule has 0 saturated carbocycles. The summed E-state index contributed by atoms with van der Waals surface area (Å²) >= 11 is 0. The summed E-state index contributed by atoms with van der Waals surface area (Å²) in [5.74, 6) is 1.22. The molecule has 33 heavy (non-hydrogen) atoms. The highest BCUT2D eigenvalue weighted by Gasteiger charge is 2.13. The molecule has 0 aliphatic rings. The summed E-state index contributed by atoms with van der Waals surface area (Å²) in [7, 11) is 1.65. The van der Waals surface area contributed by atoms with Crippen LogP contribution in [0.3, 0.4) is 0 Å². The maximum absolute atomic E-state index is 12.5. The topological polar surface area (TPSA) is 80.5 Å². The molecule has 2 aromatic carbocycles. The molecule has 2 N–H and O–H groups in total. The molecule has 7 heteroatoms. The number of hydrogen-bond donors (Lipinski definition) is 2. The average molecular weight is 444 g/mol. The molecule has 170 valence electrons. The SMILES string of the molecule is CCCC(CC)NC(=O)c1ccc(Nc2nc3cccc(-c4cccc(OC)c4)n3n2)cc1. The lowest BCUT2D eigenvalue weighted by atomic mass is 10.1. The lowest BCUT2D eigenvalue weighted by Gasteiger charge is -2.16. The van der Waals surface area contributed by atoms with E-state index in [4.69, 9.17) is 4.74 Å². The number of anilines is 2. The van der Waals surface area contributed by atoms with Crippen molar-refractivity contribution in [1.82, 2.24) is 19.9 Å². The number of carbonyl (C=O) groups excluding carboxylic acids is 1. The normalized spacial score (nSPS) is 11.8. The van der Waals surface area contributed by atoms with Crippen LogP contribution in [0.4, 0.5) is 11.6 Å². The zero-order chi connectivity index (χ0) is 23.2. The number of nitrogens with one attached hydrogen (secondary N) is 2. The maximum Gasteiger partial charge on any atom is 0.251 e. The minimum atomic E-state index is -0.0457. The largest absolute Gasteiger partial charge is 0.497 e. The van der Waals surface area contributed by atoms with Gasteiger partial charge < -0.3 is 15.4 Å². The minimum Gasteiger partial charge on any atom is -0.497 e. The molecule has 0 radical (unpaired) electrons. The van der Waals surface area contributed by atoms with Gasteiger partial charge in [0.05, 0.1) is 12.8 Å². The van der Waals surface area contributed by atoms with Gasteiger partial charge in [0.1, 0.15) is 5.75 Å². The Kier molecular flexibility index (Phi) is 6.88. The molecule has 4 aromatic rings. The van der Waals surface area contributed by atoms with E-state index in [-0.39, 0.29) is 11.9 Å². The van der Waals surface area contributed by atoms with E-state index in [1.54, 1.807) is 11.6 Å². The van der Waals surface area contributed by atoms with Crippen LogP contribution in [-0.2, 0) is 0 Å². The Morgan fingerprint density at radius 1 is 1.06 bits per heavy atom. The highest BCUT2D eigenvalue weighted by Crippen LogP contribution is 2.25. The Morgan fingerprint density at radius 3 is 2.58 bits per heavy atom. The number of methoxy groups -OCH3 is 1. The summed E-state index contributed by atoms with van der Waals surface area (Å²) in [5.41, 5.74) is 4.08. The van der Waals surface area contributed by atoms with Gasteiger partial charge in [0.2, 0.25) is 5.95 Å². The molecule has 0 spiro atoms. The molecule has 1 amide bonds. The molecule has 0 saturated heterocycles. The molecule has 0 aliphatic heterocycles. The Morgan fingerprint density at radius 2 is 1.85 bits per heavy atom. The standard InChI is InChI=1S/C26H29N5O2/c1-4-8-20(5-2)27-25(32)18-13-15-21(16-14-18)28-26-29-24-12-7-11-23(31(24)30-26)19-9-6-10-22(17-19)33-3/h6-7,9-17,20H,4-5,8H2,1-3H3,(H,27,32)(H,28,30). The second-order valence-electron chi connectivity index (χ2n) is 7.92. The van der Waals surface area contributed by atoms with Gasteiger partial charge in [-0.05, 0) is 61.4 Å². The number of fused-ring (bicyclic) bond motifs is 1. The molecular weight excluding hydrogens is 414 g/mol. The Labute approximate surface area is 193 Å². The van der Waals surface area contributed by atoms with Crippen LogP contribution < -0.4 is 15.4 Å². The molecule has 7 nitrogen and oxygen atoms in total. The van der Waals surface area contributed by atoms with Gasteiger partial charge in [-0.3, -0.25) is 4.79 Å². The summed E-state index contributed by atoms with van der Waals surface area (Å²) in [6.45, 7) is 4.22. The minimum absolute atomic E-state index is 0.0457. The van der Waals surface area contributed by atoms with Gasteiger partial charge in [0.15, 0.2) is 5.65 Å². The Balaban J connectivity index is 1.52. The number of nitrogens with zero attached hydrogens (tertiary/aromatic N) is 3. The highest BCUT2D eigenvalue weighted by atomic mass is 16.5. The number of aromatic nitrogens is 3. The predicted octanol–water partition coefficient (Wildman–Crippen LogP) is 5.46. The number of benzene rings is 2. The van der Waals surface area contributed by atoms with Gasteiger partial charge in [-0.2, -0.15) is 4.98 Å². The fourth-order valence-corrected chi connectivity index (χ4v) is 3.79. The van der Waals surface area contributed by atoms with Crippen LogP contribution in [0.15, 0.2) is 66.7 Å².